The number of aromatic amines is 1. The number of imidazole rings is 1. The average molecular weight is 249 g/mol. The van der Waals surface area contributed by atoms with Crippen LogP contribution in [0.5, 0.6) is 0 Å². The number of carbonyl (C=O) groups is 1. The first-order valence-electron chi connectivity index (χ1n) is 5.58. The van der Waals surface area contributed by atoms with Gasteiger partial charge in [-0.25, -0.2) is 9.36 Å². The number of fused-ring (bicyclic) bond motifs is 1. The summed E-state index contributed by atoms with van der Waals surface area (Å²) in [7, 11) is 0. The first kappa shape index (κ1) is 12.5. The normalized spacial score (nSPS) is 12.9. The van der Waals surface area contributed by atoms with Crippen LogP contribution >= 0.6 is 0 Å². The summed E-state index contributed by atoms with van der Waals surface area (Å²) in [6.07, 6.45) is 0. The second kappa shape index (κ2) is 4.40. The van der Waals surface area contributed by atoms with Crippen molar-refractivity contribution in [1.29, 1.82) is 0 Å². The first-order chi connectivity index (χ1) is 8.45. The lowest BCUT2D eigenvalue weighted by atomic mass is 10.1. The summed E-state index contributed by atoms with van der Waals surface area (Å²) in [5.74, 6) is -0.614. The molecule has 0 radical (unpaired) electrons. The van der Waals surface area contributed by atoms with Gasteiger partial charge in [0.25, 0.3) is 5.91 Å². The Balaban J connectivity index is 2.71. The number of carbonyl (C=O) groups excluding carboxylic acids is 1. The van der Waals surface area contributed by atoms with Crippen LogP contribution in [0.4, 0.5) is 0 Å². The maximum absolute atomic E-state index is 11.9. The van der Waals surface area contributed by atoms with E-state index in [0.29, 0.717) is 11.0 Å². The Kier molecular flexibility index (Phi) is 3.06. The number of nitrogens with zero attached hydrogens (tertiary/aromatic N) is 1. The van der Waals surface area contributed by atoms with Gasteiger partial charge >= 0.3 is 5.69 Å². The van der Waals surface area contributed by atoms with Gasteiger partial charge in [0, 0.05) is 0 Å². The van der Waals surface area contributed by atoms with Gasteiger partial charge in [0.15, 0.2) is 0 Å². The second-order valence-corrected chi connectivity index (χ2v) is 4.35. The number of benzene rings is 1. The fourth-order valence-corrected chi connectivity index (χ4v) is 1.83. The van der Waals surface area contributed by atoms with Crippen molar-refractivity contribution in [3.63, 3.8) is 0 Å². The fourth-order valence-electron chi connectivity index (χ4n) is 1.83. The molecule has 96 valence electrons. The number of rotatable bonds is 2. The molecule has 0 amide bonds. The molecule has 6 nitrogen and oxygen atoms in total. The summed E-state index contributed by atoms with van der Waals surface area (Å²) in [6, 6.07) is 2.47. The number of hydrogen-bond donors (Lipinski definition) is 3. The molecule has 0 spiro atoms. The van der Waals surface area contributed by atoms with Crippen molar-refractivity contribution in [2.45, 2.75) is 19.9 Å². The Hall–Kier alpha value is -1.92. The van der Waals surface area contributed by atoms with Crippen LogP contribution in [0, 0.1) is 13.8 Å². The highest BCUT2D eigenvalue weighted by Crippen LogP contribution is 2.16. The molecule has 2 aromatic rings. The van der Waals surface area contributed by atoms with Crippen molar-refractivity contribution in [2.24, 2.45) is 5.73 Å². The van der Waals surface area contributed by atoms with Gasteiger partial charge in [-0.1, -0.05) is 0 Å². The zero-order valence-electron chi connectivity index (χ0n) is 10.2. The first-order valence-corrected chi connectivity index (χ1v) is 5.58. The third kappa shape index (κ3) is 1.85. The van der Waals surface area contributed by atoms with E-state index in [-0.39, 0.29) is 0 Å². The van der Waals surface area contributed by atoms with E-state index >= 15 is 0 Å². The molecule has 1 heterocycles. The van der Waals surface area contributed by atoms with Gasteiger partial charge in [0.05, 0.1) is 17.6 Å². The maximum atomic E-state index is 11.9. The van der Waals surface area contributed by atoms with Crippen molar-refractivity contribution in [3.05, 3.63) is 33.7 Å². The summed E-state index contributed by atoms with van der Waals surface area (Å²) >= 11 is 0. The van der Waals surface area contributed by atoms with E-state index in [2.05, 4.69) is 4.98 Å². The lowest BCUT2D eigenvalue weighted by Crippen LogP contribution is -2.41. The SMILES string of the molecule is Cc1cc2[nH]c(=O)n(C(=O)[C@@H](N)CO)c2cc1C. The molecule has 0 saturated carbocycles. The van der Waals surface area contributed by atoms with E-state index in [9.17, 15) is 9.59 Å². The highest BCUT2D eigenvalue weighted by atomic mass is 16.3. The zero-order chi connectivity index (χ0) is 13.4. The Labute approximate surface area is 103 Å². The van der Waals surface area contributed by atoms with E-state index in [1.165, 1.54) is 0 Å². The quantitative estimate of drug-likeness (QED) is 0.692. The predicted molar refractivity (Wildman–Crippen MR) is 67.7 cm³/mol. The van der Waals surface area contributed by atoms with E-state index in [0.717, 1.165) is 15.7 Å². The third-order valence-corrected chi connectivity index (χ3v) is 3.03. The lowest BCUT2D eigenvalue weighted by Gasteiger charge is -2.08. The van der Waals surface area contributed by atoms with Crippen molar-refractivity contribution in [1.82, 2.24) is 9.55 Å². The molecule has 4 N–H and O–H groups in total. The van der Waals surface area contributed by atoms with E-state index in [1.807, 2.05) is 13.8 Å². The third-order valence-electron chi connectivity index (χ3n) is 3.03. The van der Waals surface area contributed by atoms with Gasteiger partial charge in [-0.05, 0) is 37.1 Å². The smallest absolute Gasteiger partial charge is 0.333 e. The maximum Gasteiger partial charge on any atom is 0.333 e. The zero-order valence-corrected chi connectivity index (χ0v) is 10.2. The largest absolute Gasteiger partial charge is 0.394 e. The molecule has 0 aliphatic heterocycles. The topological polar surface area (TPSA) is 101 Å². The van der Waals surface area contributed by atoms with Gasteiger partial charge in [-0.3, -0.25) is 4.79 Å². The van der Waals surface area contributed by atoms with Crippen LogP contribution in [-0.4, -0.2) is 33.2 Å². The van der Waals surface area contributed by atoms with E-state index in [4.69, 9.17) is 10.8 Å². The molecule has 1 aromatic carbocycles. The van der Waals surface area contributed by atoms with Crippen LogP contribution < -0.4 is 11.4 Å². The molecular formula is C12H15N3O3. The van der Waals surface area contributed by atoms with E-state index in [1.54, 1.807) is 12.1 Å². The molecule has 0 bridgehead atoms. The number of nitrogens with two attached hydrogens (primary N) is 1. The molecule has 0 unspecified atom stereocenters. The van der Waals surface area contributed by atoms with Crippen LogP contribution in [0.1, 0.15) is 15.9 Å². The molecule has 0 saturated heterocycles. The highest BCUT2D eigenvalue weighted by molar-refractivity contribution is 5.93. The summed E-state index contributed by atoms with van der Waals surface area (Å²) in [6.45, 7) is 3.32. The Bertz CT molecular complexity index is 669. The number of aliphatic hydroxyl groups excluding tert-OH is 1. The number of aromatic nitrogens is 2. The van der Waals surface area contributed by atoms with Gasteiger partial charge in [-0.15, -0.1) is 0 Å². The number of aryl methyl sites for hydroxylation is 2. The molecule has 2 rings (SSSR count). The monoisotopic (exact) mass is 249 g/mol. The molecule has 0 fully saturated rings. The molecule has 1 atom stereocenters. The molecule has 0 aliphatic carbocycles. The minimum Gasteiger partial charge on any atom is -0.394 e. The van der Waals surface area contributed by atoms with Crippen molar-refractivity contribution < 1.29 is 9.90 Å². The highest BCUT2D eigenvalue weighted by Gasteiger charge is 2.20. The standard InChI is InChI=1S/C12H15N3O3/c1-6-3-9-10(4-7(6)2)15(12(18)14-9)11(17)8(13)5-16/h3-4,8,16H,5,13H2,1-2H3,(H,14,18)/t8-/m0/s1. The number of aliphatic hydroxyl groups is 1. The molecule has 0 aliphatic rings. The Morgan fingerprint density at radius 2 is 2.06 bits per heavy atom. The molecule has 6 heteroatoms. The van der Waals surface area contributed by atoms with Gasteiger partial charge in [0.2, 0.25) is 0 Å². The minimum atomic E-state index is -1.09. The average Bonchev–Trinajstić information content (AvgIpc) is 2.63. The molecule has 1 aromatic heterocycles. The van der Waals surface area contributed by atoms with Crippen molar-refractivity contribution in [2.75, 3.05) is 6.61 Å². The second-order valence-electron chi connectivity index (χ2n) is 4.35. The van der Waals surface area contributed by atoms with Crippen LogP contribution in [0.2, 0.25) is 0 Å². The van der Waals surface area contributed by atoms with E-state index < -0.39 is 24.2 Å². The number of hydrogen-bond acceptors (Lipinski definition) is 4. The van der Waals surface area contributed by atoms with Crippen molar-refractivity contribution >= 4 is 16.9 Å². The fraction of sp³-hybridized carbons (Fsp3) is 0.333. The summed E-state index contributed by atoms with van der Waals surface area (Å²) in [4.78, 5) is 26.3. The summed E-state index contributed by atoms with van der Waals surface area (Å²) in [5, 5.41) is 8.89. The molecule has 18 heavy (non-hydrogen) atoms. The Morgan fingerprint density at radius 1 is 1.44 bits per heavy atom. The Morgan fingerprint density at radius 3 is 2.67 bits per heavy atom. The van der Waals surface area contributed by atoms with Crippen LogP contribution in [0.3, 0.4) is 0 Å². The molecular weight excluding hydrogens is 234 g/mol. The predicted octanol–water partition coefficient (Wildman–Crippen LogP) is -0.0938. The summed E-state index contributed by atoms with van der Waals surface area (Å²) in [5.41, 5.74) is 7.99. The van der Waals surface area contributed by atoms with Crippen LogP contribution in [0.15, 0.2) is 16.9 Å². The van der Waals surface area contributed by atoms with Gasteiger partial charge < -0.3 is 15.8 Å². The lowest BCUT2D eigenvalue weighted by molar-refractivity contribution is 0.0843. The number of nitrogens with one attached hydrogen (secondary N) is 1. The minimum absolute atomic E-state index is 0.483. The van der Waals surface area contributed by atoms with Gasteiger partial charge in [0.1, 0.15) is 6.04 Å². The van der Waals surface area contributed by atoms with Crippen LogP contribution in [0.25, 0.3) is 11.0 Å². The van der Waals surface area contributed by atoms with Crippen LogP contribution in [-0.2, 0) is 0 Å². The number of H-pyrrole nitrogens is 1. The summed E-state index contributed by atoms with van der Waals surface area (Å²) < 4.78 is 0.975. The van der Waals surface area contributed by atoms with Gasteiger partial charge in [-0.2, -0.15) is 0 Å². The van der Waals surface area contributed by atoms with Crippen molar-refractivity contribution in [3.8, 4) is 0 Å².